The Hall–Kier alpha value is -1.52. The van der Waals surface area contributed by atoms with Gasteiger partial charge in [-0.2, -0.15) is 4.31 Å². The van der Waals surface area contributed by atoms with Crippen molar-refractivity contribution >= 4 is 31.6 Å². The van der Waals surface area contributed by atoms with Gasteiger partial charge in [-0.25, -0.2) is 21.6 Å². The summed E-state index contributed by atoms with van der Waals surface area (Å²) in [5.74, 6) is 0.0763. The van der Waals surface area contributed by atoms with Crippen molar-refractivity contribution < 1.29 is 16.8 Å². The fraction of sp³-hybridized carbons (Fsp3) is 0.353. The number of nitrogens with one attached hydrogen (secondary N) is 1. The molecule has 0 aliphatic carbocycles. The number of pyridine rings is 1. The Morgan fingerprint density at radius 3 is 2.30 bits per heavy atom. The number of hydrogen-bond donors (Lipinski definition) is 1. The number of sulfonamides is 2. The first kappa shape index (κ1) is 20.2. The van der Waals surface area contributed by atoms with Gasteiger partial charge in [0.1, 0.15) is 4.90 Å². The van der Waals surface area contributed by atoms with Gasteiger partial charge in [0.25, 0.3) is 0 Å². The normalized spacial score (nSPS) is 17.1. The second-order valence-corrected chi connectivity index (χ2v) is 10.5. The first-order valence-corrected chi connectivity index (χ1v) is 11.7. The van der Waals surface area contributed by atoms with Crippen molar-refractivity contribution in [3.05, 3.63) is 53.8 Å². The van der Waals surface area contributed by atoms with Crippen LogP contribution in [-0.2, 0) is 20.0 Å². The molecule has 1 fully saturated rings. The van der Waals surface area contributed by atoms with E-state index in [-0.39, 0.29) is 22.3 Å². The summed E-state index contributed by atoms with van der Waals surface area (Å²) in [6, 6.07) is 9.07. The van der Waals surface area contributed by atoms with Gasteiger partial charge in [0.15, 0.2) is 0 Å². The van der Waals surface area contributed by atoms with Crippen molar-refractivity contribution in [3.63, 3.8) is 0 Å². The molecule has 7 nitrogen and oxygen atoms in total. The highest BCUT2D eigenvalue weighted by Crippen LogP contribution is 2.23. The van der Waals surface area contributed by atoms with Crippen molar-refractivity contribution in [1.82, 2.24) is 14.0 Å². The lowest BCUT2D eigenvalue weighted by molar-refractivity contribution is 0.274. The maximum absolute atomic E-state index is 12.6. The molecule has 146 valence electrons. The highest BCUT2D eigenvalue weighted by atomic mass is 35.5. The van der Waals surface area contributed by atoms with Crippen LogP contribution in [0.15, 0.2) is 58.6 Å². The first-order valence-electron chi connectivity index (χ1n) is 8.44. The number of rotatable bonds is 6. The van der Waals surface area contributed by atoms with Gasteiger partial charge in [0.2, 0.25) is 20.0 Å². The molecule has 0 spiro atoms. The van der Waals surface area contributed by atoms with Gasteiger partial charge in [-0.1, -0.05) is 11.6 Å². The van der Waals surface area contributed by atoms with Gasteiger partial charge in [-0.3, -0.25) is 4.98 Å². The Morgan fingerprint density at radius 1 is 1.04 bits per heavy atom. The number of piperidine rings is 1. The lowest BCUT2D eigenvalue weighted by Gasteiger charge is -2.31. The molecule has 0 atom stereocenters. The van der Waals surface area contributed by atoms with E-state index in [1.807, 2.05) is 0 Å². The molecule has 0 unspecified atom stereocenters. The lowest BCUT2D eigenvalue weighted by Crippen LogP contribution is -2.41. The van der Waals surface area contributed by atoms with Crippen LogP contribution in [0, 0.1) is 5.92 Å². The smallest absolute Gasteiger partial charge is 0.244 e. The van der Waals surface area contributed by atoms with Gasteiger partial charge in [-0.05, 0) is 55.2 Å². The van der Waals surface area contributed by atoms with E-state index < -0.39 is 20.0 Å². The van der Waals surface area contributed by atoms with Crippen LogP contribution in [0.3, 0.4) is 0 Å². The van der Waals surface area contributed by atoms with E-state index in [0.717, 1.165) is 0 Å². The fourth-order valence-corrected chi connectivity index (χ4v) is 5.60. The van der Waals surface area contributed by atoms with E-state index >= 15 is 0 Å². The highest BCUT2D eigenvalue weighted by molar-refractivity contribution is 7.89. The summed E-state index contributed by atoms with van der Waals surface area (Å²) >= 11 is 5.78. The number of aromatic nitrogens is 1. The molecule has 1 aliphatic rings. The van der Waals surface area contributed by atoms with E-state index in [0.29, 0.717) is 31.0 Å². The summed E-state index contributed by atoms with van der Waals surface area (Å²) in [4.78, 5) is 4.19. The molecule has 3 rings (SSSR count). The molecule has 0 saturated carbocycles. The van der Waals surface area contributed by atoms with Crippen LogP contribution >= 0.6 is 11.6 Å². The van der Waals surface area contributed by atoms with Crippen LogP contribution in [0.5, 0.6) is 0 Å². The summed E-state index contributed by atoms with van der Waals surface area (Å²) < 4.78 is 53.9. The zero-order valence-corrected chi connectivity index (χ0v) is 16.8. The number of nitrogens with zero attached hydrogens (tertiary/aromatic N) is 2. The molecule has 1 aromatic heterocycles. The van der Waals surface area contributed by atoms with Crippen LogP contribution in [-0.4, -0.2) is 45.8 Å². The predicted octanol–water partition coefficient (Wildman–Crippen LogP) is 2.11. The van der Waals surface area contributed by atoms with Gasteiger partial charge >= 0.3 is 0 Å². The van der Waals surface area contributed by atoms with Gasteiger partial charge in [-0.15, -0.1) is 0 Å². The molecule has 10 heteroatoms. The van der Waals surface area contributed by atoms with Crippen LogP contribution in [0.1, 0.15) is 12.8 Å². The Labute approximate surface area is 164 Å². The molecule has 0 bridgehead atoms. The largest absolute Gasteiger partial charge is 0.263 e. The average molecular weight is 430 g/mol. The number of halogens is 1. The van der Waals surface area contributed by atoms with Crippen LogP contribution in [0.4, 0.5) is 0 Å². The third kappa shape index (κ3) is 4.85. The van der Waals surface area contributed by atoms with E-state index in [4.69, 9.17) is 11.6 Å². The molecule has 2 aromatic rings. The molecule has 0 amide bonds. The molecular formula is C17H20ClN3O4S2. The average Bonchev–Trinajstić information content (AvgIpc) is 2.68. The van der Waals surface area contributed by atoms with Crippen LogP contribution < -0.4 is 4.72 Å². The third-order valence-corrected chi connectivity index (χ3v) is 8.11. The summed E-state index contributed by atoms with van der Waals surface area (Å²) in [7, 11) is -7.17. The molecular weight excluding hydrogens is 410 g/mol. The number of benzene rings is 1. The summed E-state index contributed by atoms with van der Waals surface area (Å²) in [6.07, 6.45) is 4.03. The van der Waals surface area contributed by atoms with Crippen molar-refractivity contribution in [2.75, 3.05) is 19.6 Å². The highest BCUT2D eigenvalue weighted by Gasteiger charge is 2.30. The van der Waals surface area contributed by atoms with Crippen molar-refractivity contribution in [2.45, 2.75) is 22.6 Å². The van der Waals surface area contributed by atoms with Gasteiger partial charge in [0.05, 0.1) is 4.90 Å². The van der Waals surface area contributed by atoms with Crippen LogP contribution in [0.25, 0.3) is 0 Å². The molecule has 2 heterocycles. The SMILES string of the molecule is O=S(=O)(NCC1CCN(S(=O)(=O)c2cccnc2)CC1)c1ccc(Cl)cc1. The zero-order valence-electron chi connectivity index (χ0n) is 14.5. The minimum Gasteiger partial charge on any atom is -0.263 e. The topological polar surface area (TPSA) is 96.4 Å². The van der Waals surface area contributed by atoms with Gasteiger partial charge < -0.3 is 0 Å². The van der Waals surface area contributed by atoms with Crippen LogP contribution in [0.2, 0.25) is 5.02 Å². The Morgan fingerprint density at radius 2 is 1.70 bits per heavy atom. The first-order chi connectivity index (χ1) is 12.8. The van der Waals surface area contributed by atoms with Gasteiger partial charge in [0, 0.05) is 37.1 Å². The standard InChI is InChI=1S/C17H20ClN3O4S2/c18-15-3-5-16(6-4-15)26(22,23)20-12-14-7-10-21(11-8-14)27(24,25)17-2-1-9-19-13-17/h1-6,9,13-14,20H,7-8,10-12H2. The van der Waals surface area contributed by atoms with E-state index in [1.54, 1.807) is 6.07 Å². The minimum absolute atomic E-state index is 0.0763. The minimum atomic E-state index is -3.61. The summed E-state index contributed by atoms with van der Waals surface area (Å²) in [5, 5.41) is 0.469. The van der Waals surface area contributed by atoms with Crippen molar-refractivity contribution in [2.24, 2.45) is 5.92 Å². The van der Waals surface area contributed by atoms with Crippen molar-refractivity contribution in [1.29, 1.82) is 0 Å². The summed E-state index contributed by atoms with van der Waals surface area (Å²) in [6.45, 7) is 0.973. The molecule has 27 heavy (non-hydrogen) atoms. The second-order valence-electron chi connectivity index (χ2n) is 6.34. The molecule has 1 aromatic carbocycles. The Balaban J connectivity index is 1.56. The lowest BCUT2D eigenvalue weighted by atomic mass is 9.99. The number of hydrogen-bond acceptors (Lipinski definition) is 5. The van der Waals surface area contributed by atoms with E-state index in [1.165, 1.54) is 47.0 Å². The Kier molecular flexibility index (Phi) is 6.17. The molecule has 0 radical (unpaired) electrons. The summed E-state index contributed by atoms with van der Waals surface area (Å²) in [5.41, 5.74) is 0. The third-order valence-electron chi connectivity index (χ3n) is 4.53. The zero-order chi connectivity index (χ0) is 19.5. The van der Waals surface area contributed by atoms with Crippen molar-refractivity contribution in [3.8, 4) is 0 Å². The maximum Gasteiger partial charge on any atom is 0.244 e. The quantitative estimate of drug-likeness (QED) is 0.758. The predicted molar refractivity (Wildman–Crippen MR) is 102 cm³/mol. The van der Waals surface area contributed by atoms with E-state index in [2.05, 4.69) is 9.71 Å². The second kappa shape index (κ2) is 8.24. The molecule has 1 N–H and O–H groups in total. The monoisotopic (exact) mass is 429 g/mol. The fourth-order valence-electron chi connectivity index (χ4n) is 2.93. The maximum atomic E-state index is 12.6. The molecule has 1 saturated heterocycles. The molecule has 1 aliphatic heterocycles. The van der Waals surface area contributed by atoms with E-state index in [9.17, 15) is 16.8 Å². The Bertz CT molecular complexity index is 973.